The average Bonchev–Trinajstić information content (AvgIpc) is 2.79. The van der Waals surface area contributed by atoms with E-state index in [4.69, 9.17) is 15.4 Å². The Bertz CT molecular complexity index is 574. The third-order valence-electron chi connectivity index (χ3n) is 2.28. The number of hydrogen-bond acceptors (Lipinski definition) is 4. The molecule has 0 radical (unpaired) electrons. The molecule has 17 heavy (non-hydrogen) atoms. The van der Waals surface area contributed by atoms with Gasteiger partial charge < -0.3 is 20.7 Å². The van der Waals surface area contributed by atoms with Crippen LogP contribution in [0, 0.1) is 0 Å². The molecule has 0 aliphatic carbocycles. The van der Waals surface area contributed by atoms with Crippen LogP contribution in [0.2, 0.25) is 0 Å². The zero-order chi connectivity index (χ0) is 12.3. The van der Waals surface area contributed by atoms with Gasteiger partial charge >= 0.3 is 0 Å². The molecule has 2 aromatic rings. The smallest absolute Gasteiger partial charge is 0.255 e. The number of oxime groups is 1. The van der Waals surface area contributed by atoms with Crippen molar-refractivity contribution in [3.05, 3.63) is 36.1 Å². The summed E-state index contributed by atoms with van der Waals surface area (Å²) in [6, 6.07) is 7.20. The van der Waals surface area contributed by atoms with Crippen LogP contribution in [0.15, 0.2) is 40.1 Å². The van der Waals surface area contributed by atoms with E-state index in [1.165, 1.54) is 6.26 Å². The zero-order valence-corrected chi connectivity index (χ0v) is 8.88. The maximum absolute atomic E-state index is 11.8. The minimum atomic E-state index is -0.332. The number of rotatable bonds is 3. The second-order valence-electron chi connectivity index (χ2n) is 3.42. The first-order valence-corrected chi connectivity index (χ1v) is 4.93. The minimum absolute atomic E-state index is 0.0190. The van der Waals surface area contributed by atoms with Crippen LogP contribution >= 0.6 is 0 Å². The summed E-state index contributed by atoms with van der Waals surface area (Å²) in [7, 11) is 0. The van der Waals surface area contributed by atoms with Gasteiger partial charge in [-0.3, -0.25) is 4.79 Å². The summed E-state index contributed by atoms with van der Waals surface area (Å²) in [6.07, 6.45) is 1.38. The van der Waals surface area contributed by atoms with Crippen LogP contribution in [0.5, 0.6) is 0 Å². The van der Waals surface area contributed by atoms with Gasteiger partial charge in [0, 0.05) is 5.39 Å². The predicted molar refractivity (Wildman–Crippen MR) is 62.0 cm³/mol. The summed E-state index contributed by atoms with van der Waals surface area (Å²) >= 11 is 0. The number of carbonyl (C=O) groups excluding carboxylic acids is 1. The fourth-order valence-electron chi connectivity index (χ4n) is 1.46. The Labute approximate surface area is 96.7 Å². The van der Waals surface area contributed by atoms with Crippen molar-refractivity contribution >= 4 is 22.7 Å². The second-order valence-corrected chi connectivity index (χ2v) is 3.42. The fraction of sp³-hybridized carbons (Fsp3) is 0.0909. The van der Waals surface area contributed by atoms with Crippen LogP contribution in [-0.2, 0) is 0 Å². The molecule has 88 valence electrons. The summed E-state index contributed by atoms with van der Waals surface area (Å²) in [5.41, 5.74) is 6.31. The highest BCUT2D eigenvalue weighted by atomic mass is 16.4. The number of amidine groups is 1. The van der Waals surface area contributed by atoms with Crippen LogP contribution < -0.4 is 11.1 Å². The molecule has 0 unspecified atom stereocenters. The molecule has 6 heteroatoms. The summed E-state index contributed by atoms with van der Waals surface area (Å²) in [6.45, 7) is -0.0190. The van der Waals surface area contributed by atoms with Gasteiger partial charge in [-0.1, -0.05) is 23.4 Å². The molecule has 6 nitrogen and oxygen atoms in total. The standard InChI is InChI=1S/C11H11N3O3/c12-10(14-16)5-13-11(15)8-6-17-9-4-2-1-3-7(8)9/h1-4,6,16H,5H2,(H2,12,14)(H,13,15). The number of nitrogens with two attached hydrogens (primary N) is 1. The van der Waals surface area contributed by atoms with Crippen LogP contribution in [0.1, 0.15) is 10.4 Å². The number of nitrogens with zero attached hydrogens (tertiary/aromatic N) is 1. The lowest BCUT2D eigenvalue weighted by Crippen LogP contribution is -2.33. The first-order chi connectivity index (χ1) is 8.22. The maximum Gasteiger partial charge on any atom is 0.255 e. The van der Waals surface area contributed by atoms with E-state index in [2.05, 4.69) is 10.5 Å². The van der Waals surface area contributed by atoms with E-state index in [-0.39, 0.29) is 18.3 Å². The van der Waals surface area contributed by atoms with Crippen molar-refractivity contribution in [2.24, 2.45) is 10.9 Å². The average molecular weight is 233 g/mol. The van der Waals surface area contributed by atoms with E-state index >= 15 is 0 Å². The number of amides is 1. The molecule has 0 saturated carbocycles. The van der Waals surface area contributed by atoms with Gasteiger partial charge in [-0.2, -0.15) is 0 Å². The molecule has 0 aliphatic heterocycles. The molecule has 2 rings (SSSR count). The van der Waals surface area contributed by atoms with Gasteiger partial charge in [0.05, 0.1) is 12.1 Å². The number of para-hydroxylation sites is 1. The molecule has 0 fully saturated rings. The van der Waals surface area contributed by atoms with Crippen molar-refractivity contribution in [1.29, 1.82) is 0 Å². The lowest BCUT2D eigenvalue weighted by atomic mass is 10.1. The topological polar surface area (TPSA) is 101 Å². The number of furan rings is 1. The van der Waals surface area contributed by atoms with E-state index < -0.39 is 0 Å². The molecule has 4 N–H and O–H groups in total. The fourth-order valence-corrected chi connectivity index (χ4v) is 1.46. The predicted octanol–water partition coefficient (Wildman–Crippen LogP) is 0.909. The highest BCUT2D eigenvalue weighted by Crippen LogP contribution is 2.20. The molecule has 1 aromatic heterocycles. The Morgan fingerprint density at radius 3 is 3.00 bits per heavy atom. The first kappa shape index (κ1) is 11.0. The molecular formula is C11H11N3O3. The van der Waals surface area contributed by atoms with Crippen LogP contribution in [0.25, 0.3) is 11.0 Å². The van der Waals surface area contributed by atoms with Crippen molar-refractivity contribution in [1.82, 2.24) is 5.32 Å². The summed E-state index contributed by atoms with van der Waals surface area (Å²) in [4.78, 5) is 11.8. The van der Waals surface area contributed by atoms with Gasteiger partial charge in [0.15, 0.2) is 5.84 Å². The van der Waals surface area contributed by atoms with E-state index in [0.717, 1.165) is 5.39 Å². The van der Waals surface area contributed by atoms with Gasteiger partial charge in [-0.05, 0) is 6.07 Å². The van der Waals surface area contributed by atoms with Crippen molar-refractivity contribution in [2.45, 2.75) is 0 Å². The van der Waals surface area contributed by atoms with E-state index in [9.17, 15) is 4.79 Å². The van der Waals surface area contributed by atoms with E-state index in [1.807, 2.05) is 12.1 Å². The van der Waals surface area contributed by atoms with Gasteiger partial charge in [-0.15, -0.1) is 0 Å². The van der Waals surface area contributed by atoms with E-state index in [1.54, 1.807) is 12.1 Å². The Morgan fingerprint density at radius 1 is 1.47 bits per heavy atom. The molecule has 0 spiro atoms. The van der Waals surface area contributed by atoms with Crippen LogP contribution in [0.4, 0.5) is 0 Å². The quantitative estimate of drug-likeness (QED) is 0.317. The Hall–Kier alpha value is -2.50. The van der Waals surface area contributed by atoms with Crippen molar-refractivity contribution in [3.63, 3.8) is 0 Å². The highest BCUT2D eigenvalue weighted by Gasteiger charge is 2.12. The molecule has 0 aliphatic rings. The van der Waals surface area contributed by atoms with Gasteiger partial charge in [-0.25, -0.2) is 0 Å². The van der Waals surface area contributed by atoms with Crippen molar-refractivity contribution in [2.75, 3.05) is 6.54 Å². The number of nitrogens with one attached hydrogen (secondary N) is 1. The summed E-state index contributed by atoms with van der Waals surface area (Å²) < 4.78 is 5.23. The SMILES string of the molecule is NC(CNC(=O)c1coc2ccccc12)=NO. The summed E-state index contributed by atoms with van der Waals surface area (Å²) in [5.74, 6) is -0.396. The second kappa shape index (κ2) is 4.56. The van der Waals surface area contributed by atoms with Crippen molar-refractivity contribution in [3.8, 4) is 0 Å². The number of benzene rings is 1. The number of carbonyl (C=O) groups is 1. The largest absolute Gasteiger partial charge is 0.463 e. The lowest BCUT2D eigenvalue weighted by Gasteiger charge is -2.01. The number of fused-ring (bicyclic) bond motifs is 1. The minimum Gasteiger partial charge on any atom is -0.463 e. The third kappa shape index (κ3) is 2.20. The van der Waals surface area contributed by atoms with E-state index in [0.29, 0.717) is 11.1 Å². The van der Waals surface area contributed by atoms with Gasteiger partial charge in [0.2, 0.25) is 0 Å². The zero-order valence-electron chi connectivity index (χ0n) is 8.88. The normalized spacial score (nSPS) is 11.6. The Kier molecular flexibility index (Phi) is 2.95. The van der Waals surface area contributed by atoms with Crippen molar-refractivity contribution < 1.29 is 14.4 Å². The maximum atomic E-state index is 11.8. The lowest BCUT2D eigenvalue weighted by molar-refractivity contribution is 0.0960. The Balaban J connectivity index is 2.19. The molecule has 0 saturated heterocycles. The Morgan fingerprint density at radius 2 is 2.24 bits per heavy atom. The molecule has 1 aromatic carbocycles. The molecule has 1 heterocycles. The first-order valence-electron chi connectivity index (χ1n) is 4.93. The highest BCUT2D eigenvalue weighted by molar-refractivity contribution is 6.06. The van der Waals surface area contributed by atoms with Crippen LogP contribution in [0.3, 0.4) is 0 Å². The monoisotopic (exact) mass is 233 g/mol. The summed E-state index contributed by atoms with van der Waals surface area (Å²) in [5, 5.41) is 14.3. The molecular weight excluding hydrogens is 222 g/mol. The van der Waals surface area contributed by atoms with Gasteiger partial charge in [0.1, 0.15) is 11.8 Å². The third-order valence-corrected chi connectivity index (χ3v) is 2.28. The number of hydrogen-bond donors (Lipinski definition) is 3. The van der Waals surface area contributed by atoms with Crippen LogP contribution in [-0.4, -0.2) is 23.5 Å². The molecule has 0 atom stereocenters. The van der Waals surface area contributed by atoms with Gasteiger partial charge in [0.25, 0.3) is 5.91 Å². The molecule has 0 bridgehead atoms. The molecule has 1 amide bonds.